The van der Waals surface area contributed by atoms with Gasteiger partial charge in [-0.1, -0.05) is 19.0 Å². The van der Waals surface area contributed by atoms with E-state index in [0.29, 0.717) is 30.3 Å². The van der Waals surface area contributed by atoms with Crippen LogP contribution >= 0.6 is 0 Å². The third kappa shape index (κ3) is 3.91. The van der Waals surface area contributed by atoms with Crippen molar-refractivity contribution >= 4 is 11.7 Å². The van der Waals surface area contributed by atoms with Crippen LogP contribution in [0.2, 0.25) is 0 Å². The Balaban J connectivity index is 1.57. The summed E-state index contributed by atoms with van der Waals surface area (Å²) in [6, 6.07) is 1.39. The molecule has 2 aromatic rings. The first-order valence-corrected chi connectivity index (χ1v) is 10.3. The number of likely N-dealkylation sites (tertiary alicyclic amines) is 1. The summed E-state index contributed by atoms with van der Waals surface area (Å²) in [4.78, 5) is 14.4. The van der Waals surface area contributed by atoms with Crippen molar-refractivity contribution in [2.45, 2.75) is 64.2 Å². The van der Waals surface area contributed by atoms with Gasteiger partial charge in [-0.2, -0.15) is 18.3 Å². The topological polar surface area (TPSA) is 76.2 Å². The molecule has 0 saturated carbocycles. The van der Waals surface area contributed by atoms with Gasteiger partial charge < -0.3 is 14.7 Å². The van der Waals surface area contributed by atoms with Crippen LogP contribution in [0.4, 0.5) is 19.0 Å². The van der Waals surface area contributed by atoms with E-state index in [4.69, 9.17) is 4.52 Å². The van der Waals surface area contributed by atoms with Gasteiger partial charge in [0.25, 0.3) is 5.91 Å². The van der Waals surface area contributed by atoms with Crippen molar-refractivity contribution in [1.29, 1.82) is 0 Å². The fourth-order valence-electron chi connectivity index (χ4n) is 4.28. The monoisotopic (exact) mass is 425 g/mol. The minimum Gasteiger partial charge on any atom is -0.367 e. The second-order valence-corrected chi connectivity index (χ2v) is 8.61. The summed E-state index contributed by atoms with van der Waals surface area (Å²) in [6.07, 6.45) is -2.90. The van der Waals surface area contributed by atoms with Gasteiger partial charge in [-0.3, -0.25) is 4.79 Å². The van der Waals surface area contributed by atoms with Gasteiger partial charge in [0.2, 0.25) is 5.76 Å². The molecule has 2 aliphatic heterocycles. The molecule has 0 unspecified atom stereocenters. The number of piperidine rings is 1. The van der Waals surface area contributed by atoms with Gasteiger partial charge >= 0.3 is 6.18 Å². The van der Waals surface area contributed by atoms with Crippen molar-refractivity contribution in [3.63, 3.8) is 0 Å². The molecule has 164 valence electrons. The third-order valence-electron chi connectivity index (χ3n) is 6.01. The van der Waals surface area contributed by atoms with Gasteiger partial charge in [-0.25, -0.2) is 4.68 Å². The first-order chi connectivity index (χ1) is 14.1. The van der Waals surface area contributed by atoms with Crippen LogP contribution in [0.25, 0.3) is 0 Å². The molecular weight excluding hydrogens is 399 g/mol. The predicted octanol–water partition coefficient (Wildman–Crippen LogP) is 4.14. The average molecular weight is 425 g/mol. The number of alkyl halides is 3. The number of fused-ring (bicyclic) bond motifs is 1. The molecule has 2 aromatic heterocycles. The molecule has 3 atom stereocenters. The maximum atomic E-state index is 13.7. The quantitative estimate of drug-likeness (QED) is 0.800. The summed E-state index contributed by atoms with van der Waals surface area (Å²) in [7, 11) is 0. The summed E-state index contributed by atoms with van der Waals surface area (Å²) >= 11 is 0. The Morgan fingerprint density at radius 1 is 1.33 bits per heavy atom. The van der Waals surface area contributed by atoms with Gasteiger partial charge in [0.15, 0.2) is 6.04 Å². The smallest absolute Gasteiger partial charge is 0.367 e. The predicted molar refractivity (Wildman–Crippen MR) is 103 cm³/mol. The number of nitrogens with zero attached hydrogens (tertiary/aromatic N) is 4. The minimum absolute atomic E-state index is 0.0462. The fourth-order valence-corrected chi connectivity index (χ4v) is 4.28. The molecule has 0 aliphatic carbocycles. The zero-order valence-corrected chi connectivity index (χ0v) is 17.2. The number of aryl methyl sites for hydroxylation is 1. The van der Waals surface area contributed by atoms with Gasteiger partial charge in [0.1, 0.15) is 5.82 Å². The summed E-state index contributed by atoms with van der Waals surface area (Å²) in [6.45, 7) is 6.52. The van der Waals surface area contributed by atoms with E-state index in [1.54, 1.807) is 24.0 Å². The molecule has 1 amide bonds. The Morgan fingerprint density at radius 2 is 2.10 bits per heavy atom. The van der Waals surface area contributed by atoms with Crippen LogP contribution < -0.4 is 5.32 Å². The first-order valence-electron chi connectivity index (χ1n) is 10.3. The van der Waals surface area contributed by atoms with Gasteiger partial charge in [-0.05, 0) is 32.1 Å². The minimum atomic E-state index is -4.37. The van der Waals surface area contributed by atoms with E-state index in [1.165, 1.54) is 0 Å². The lowest BCUT2D eigenvalue weighted by molar-refractivity contribution is -0.174. The van der Waals surface area contributed by atoms with E-state index >= 15 is 0 Å². The van der Waals surface area contributed by atoms with Crippen LogP contribution in [0, 0.1) is 12.8 Å². The lowest BCUT2D eigenvalue weighted by atomic mass is 9.93. The van der Waals surface area contributed by atoms with Crippen molar-refractivity contribution in [1.82, 2.24) is 19.8 Å². The second-order valence-electron chi connectivity index (χ2n) is 8.61. The number of carbonyl (C=O) groups is 1. The summed E-state index contributed by atoms with van der Waals surface area (Å²) in [5.74, 6) is 0.256. The maximum absolute atomic E-state index is 13.7. The van der Waals surface area contributed by atoms with Crippen molar-refractivity contribution in [2.24, 2.45) is 5.92 Å². The number of amides is 1. The van der Waals surface area contributed by atoms with Crippen LogP contribution in [0.5, 0.6) is 0 Å². The van der Waals surface area contributed by atoms with E-state index in [2.05, 4.69) is 15.6 Å². The summed E-state index contributed by atoms with van der Waals surface area (Å²) < 4.78 is 47.3. The van der Waals surface area contributed by atoms with Crippen molar-refractivity contribution in [3.05, 3.63) is 29.3 Å². The van der Waals surface area contributed by atoms with Gasteiger partial charge in [0.05, 0.1) is 11.4 Å². The van der Waals surface area contributed by atoms with Gasteiger partial charge in [0, 0.05) is 37.2 Å². The lowest BCUT2D eigenvalue weighted by Crippen LogP contribution is -2.41. The molecule has 4 rings (SSSR count). The number of rotatable bonds is 3. The SMILES string of the molecule is Cc1cc(C(=O)N2CCC[C@@H](c3cc4n(n3)[C@H](C(F)(F)F)C[C@H](C(C)C)N4)C2)on1. The Hall–Kier alpha value is -2.52. The Labute approximate surface area is 172 Å². The lowest BCUT2D eigenvalue weighted by Gasteiger charge is -2.35. The molecule has 4 heterocycles. The third-order valence-corrected chi connectivity index (χ3v) is 6.01. The Morgan fingerprint density at radius 3 is 2.73 bits per heavy atom. The number of nitrogens with one attached hydrogen (secondary N) is 1. The Kier molecular flexibility index (Phi) is 5.27. The van der Waals surface area contributed by atoms with E-state index in [1.807, 2.05) is 13.8 Å². The number of anilines is 1. The molecule has 0 bridgehead atoms. The summed E-state index contributed by atoms with van der Waals surface area (Å²) in [5, 5.41) is 11.3. The zero-order valence-electron chi connectivity index (χ0n) is 17.2. The highest BCUT2D eigenvalue weighted by molar-refractivity contribution is 5.91. The van der Waals surface area contributed by atoms with Crippen molar-refractivity contribution < 1.29 is 22.5 Å². The largest absolute Gasteiger partial charge is 0.410 e. The molecular formula is C20H26F3N5O2. The second kappa shape index (κ2) is 7.63. The van der Waals surface area contributed by atoms with Crippen molar-refractivity contribution in [3.8, 4) is 0 Å². The zero-order chi connectivity index (χ0) is 21.6. The molecule has 1 saturated heterocycles. The van der Waals surface area contributed by atoms with Crippen molar-refractivity contribution in [2.75, 3.05) is 18.4 Å². The number of aromatic nitrogens is 3. The van der Waals surface area contributed by atoms with E-state index < -0.39 is 12.2 Å². The molecule has 7 nitrogen and oxygen atoms in total. The first kappa shape index (κ1) is 20.7. The standard InChI is InChI=1S/C20H26F3N5O2/c1-11(2)14-8-17(20(21,22)23)28-18(24-14)9-15(25-28)13-5-4-6-27(10-13)19(29)16-7-12(3)26-30-16/h7,9,11,13-14,17,24H,4-6,8,10H2,1-3H3/t13-,14-,17+/m1/s1. The molecule has 1 N–H and O–H groups in total. The van der Waals surface area contributed by atoms with Crippen LogP contribution in [0.1, 0.15) is 67.0 Å². The van der Waals surface area contributed by atoms with Crippen LogP contribution in [0.3, 0.4) is 0 Å². The van der Waals surface area contributed by atoms with Crippen LogP contribution in [-0.2, 0) is 0 Å². The maximum Gasteiger partial charge on any atom is 0.410 e. The Bertz CT molecular complexity index is 920. The molecule has 10 heteroatoms. The normalized spacial score (nSPS) is 24.6. The number of carbonyl (C=O) groups excluding carboxylic acids is 1. The van der Waals surface area contributed by atoms with E-state index in [9.17, 15) is 18.0 Å². The molecule has 30 heavy (non-hydrogen) atoms. The van der Waals surface area contributed by atoms with E-state index in [0.717, 1.165) is 17.5 Å². The number of hydrogen-bond acceptors (Lipinski definition) is 5. The molecule has 0 aromatic carbocycles. The summed E-state index contributed by atoms with van der Waals surface area (Å²) in [5.41, 5.74) is 1.21. The number of hydrogen-bond donors (Lipinski definition) is 1. The molecule has 0 spiro atoms. The van der Waals surface area contributed by atoms with Gasteiger partial charge in [-0.15, -0.1) is 0 Å². The van der Waals surface area contributed by atoms with E-state index in [-0.39, 0.29) is 36.0 Å². The highest BCUT2D eigenvalue weighted by Gasteiger charge is 2.47. The van der Waals surface area contributed by atoms with Crippen LogP contribution in [-0.4, -0.2) is 51.1 Å². The highest BCUT2D eigenvalue weighted by atomic mass is 19.4. The number of halogens is 3. The average Bonchev–Trinajstić information content (AvgIpc) is 3.32. The van der Waals surface area contributed by atoms with Crippen LogP contribution in [0.15, 0.2) is 16.7 Å². The fraction of sp³-hybridized carbons (Fsp3) is 0.650. The molecule has 1 fully saturated rings. The molecule has 2 aliphatic rings. The highest BCUT2D eigenvalue weighted by Crippen LogP contribution is 2.42. The molecule has 0 radical (unpaired) electrons.